The Hall–Kier alpha value is -0.610. The maximum absolute atomic E-state index is 12.2. The molecule has 0 spiro atoms. The number of amides is 1. The van der Waals surface area contributed by atoms with Crippen molar-refractivity contribution >= 4 is 5.91 Å². The van der Waals surface area contributed by atoms with Crippen molar-refractivity contribution in [3.05, 3.63) is 0 Å². The van der Waals surface area contributed by atoms with Crippen LogP contribution >= 0.6 is 0 Å². The van der Waals surface area contributed by atoms with Crippen LogP contribution in [0.2, 0.25) is 0 Å². The fraction of sp³-hybridized carbons (Fsp3) is 0.923. The highest BCUT2D eigenvalue weighted by Crippen LogP contribution is 2.49. The molecular formula is C13H21NO3. The molecule has 0 atom stereocenters. The van der Waals surface area contributed by atoms with Crippen LogP contribution in [0.3, 0.4) is 0 Å². The third kappa shape index (κ3) is 2.33. The maximum Gasteiger partial charge on any atom is 0.223 e. The molecule has 0 aromatic carbocycles. The van der Waals surface area contributed by atoms with Crippen molar-refractivity contribution in [2.45, 2.75) is 25.7 Å². The molecule has 1 amide bonds. The molecule has 1 saturated heterocycles. The minimum Gasteiger partial charge on any atom is -0.396 e. The lowest BCUT2D eigenvalue weighted by Crippen LogP contribution is -2.54. The molecule has 0 aromatic rings. The Morgan fingerprint density at radius 2 is 1.88 bits per heavy atom. The van der Waals surface area contributed by atoms with E-state index in [-0.39, 0.29) is 23.8 Å². The van der Waals surface area contributed by atoms with Gasteiger partial charge in [0.25, 0.3) is 0 Å². The summed E-state index contributed by atoms with van der Waals surface area (Å²) in [5, 5.41) is 12.3. The van der Waals surface area contributed by atoms with Gasteiger partial charge in [-0.15, -0.1) is 0 Å². The van der Waals surface area contributed by atoms with Crippen LogP contribution in [0.5, 0.6) is 0 Å². The number of aliphatic hydroxyl groups excluding tert-OH is 1. The molecular weight excluding hydrogens is 218 g/mol. The lowest BCUT2D eigenvalue weighted by molar-refractivity contribution is -0.143. The highest BCUT2D eigenvalue weighted by molar-refractivity contribution is 5.80. The van der Waals surface area contributed by atoms with E-state index in [4.69, 9.17) is 4.74 Å². The maximum atomic E-state index is 12.2. The van der Waals surface area contributed by atoms with E-state index in [0.29, 0.717) is 31.6 Å². The Kier molecular flexibility index (Phi) is 2.87. The van der Waals surface area contributed by atoms with Gasteiger partial charge in [-0.05, 0) is 37.5 Å². The predicted octanol–water partition coefficient (Wildman–Crippen LogP) is 0.548. The van der Waals surface area contributed by atoms with E-state index in [1.54, 1.807) is 0 Å². The number of rotatable bonds is 6. The zero-order valence-electron chi connectivity index (χ0n) is 10.2. The van der Waals surface area contributed by atoms with Gasteiger partial charge >= 0.3 is 0 Å². The number of carbonyl (C=O) groups is 1. The lowest BCUT2D eigenvalue weighted by atomic mass is 9.86. The van der Waals surface area contributed by atoms with E-state index < -0.39 is 0 Å². The summed E-state index contributed by atoms with van der Waals surface area (Å²) in [5.41, 5.74) is -0.201. The van der Waals surface area contributed by atoms with Gasteiger partial charge in [0.1, 0.15) is 0 Å². The second-order valence-electron chi connectivity index (χ2n) is 6.07. The van der Waals surface area contributed by atoms with Crippen LogP contribution in [0.4, 0.5) is 0 Å². The fourth-order valence-electron chi connectivity index (χ4n) is 2.76. The second kappa shape index (κ2) is 4.25. The topological polar surface area (TPSA) is 58.6 Å². The molecule has 0 unspecified atom stereocenters. The molecule has 3 rings (SSSR count). The van der Waals surface area contributed by atoms with E-state index in [1.165, 1.54) is 25.7 Å². The number of carbonyl (C=O) groups excluding carboxylic acids is 1. The molecule has 96 valence electrons. The van der Waals surface area contributed by atoms with Gasteiger partial charge in [-0.1, -0.05) is 0 Å². The van der Waals surface area contributed by atoms with Crippen molar-refractivity contribution in [3.8, 4) is 0 Å². The van der Waals surface area contributed by atoms with Gasteiger partial charge in [0.05, 0.1) is 25.2 Å². The molecule has 4 heteroatoms. The first-order chi connectivity index (χ1) is 8.24. The summed E-state index contributed by atoms with van der Waals surface area (Å²) < 4.78 is 5.13. The third-order valence-corrected chi connectivity index (χ3v) is 4.35. The lowest BCUT2D eigenvalue weighted by Gasteiger charge is -2.40. The minimum absolute atomic E-state index is 0.102. The number of nitrogens with one attached hydrogen (secondary N) is 1. The van der Waals surface area contributed by atoms with E-state index >= 15 is 0 Å². The number of hydrogen-bond acceptors (Lipinski definition) is 3. The number of hydrogen-bond donors (Lipinski definition) is 2. The molecule has 17 heavy (non-hydrogen) atoms. The van der Waals surface area contributed by atoms with Crippen molar-refractivity contribution < 1.29 is 14.6 Å². The fourth-order valence-corrected chi connectivity index (χ4v) is 2.76. The molecule has 2 aliphatic carbocycles. The van der Waals surface area contributed by atoms with Crippen molar-refractivity contribution in [2.24, 2.45) is 23.2 Å². The summed E-state index contributed by atoms with van der Waals surface area (Å²) in [5.74, 6) is 1.76. The van der Waals surface area contributed by atoms with Gasteiger partial charge in [-0.25, -0.2) is 0 Å². The summed E-state index contributed by atoms with van der Waals surface area (Å²) in [6.07, 6.45) is 4.90. The highest BCUT2D eigenvalue weighted by atomic mass is 16.5. The first-order valence-corrected chi connectivity index (χ1v) is 6.70. The van der Waals surface area contributed by atoms with E-state index in [0.717, 1.165) is 0 Å². The first-order valence-electron chi connectivity index (χ1n) is 6.70. The summed E-state index contributed by atoms with van der Waals surface area (Å²) in [6, 6.07) is 0. The SMILES string of the molecule is O=C(NCC1(CO)COC1)C(C1CC1)C1CC1. The average molecular weight is 239 g/mol. The monoisotopic (exact) mass is 239 g/mol. The van der Waals surface area contributed by atoms with Gasteiger partial charge in [0.15, 0.2) is 0 Å². The molecule has 1 aliphatic heterocycles. The molecule has 0 radical (unpaired) electrons. The van der Waals surface area contributed by atoms with Crippen LogP contribution in [-0.4, -0.2) is 37.4 Å². The summed E-state index contributed by atoms with van der Waals surface area (Å²) in [4.78, 5) is 12.2. The third-order valence-electron chi connectivity index (χ3n) is 4.35. The van der Waals surface area contributed by atoms with Gasteiger partial charge in [-0.3, -0.25) is 4.79 Å². The van der Waals surface area contributed by atoms with Crippen molar-refractivity contribution in [3.63, 3.8) is 0 Å². The highest BCUT2D eigenvalue weighted by Gasteiger charge is 2.46. The Balaban J connectivity index is 1.51. The second-order valence-corrected chi connectivity index (χ2v) is 6.07. The zero-order valence-corrected chi connectivity index (χ0v) is 10.2. The Morgan fingerprint density at radius 1 is 1.29 bits per heavy atom. The van der Waals surface area contributed by atoms with Crippen molar-refractivity contribution in [1.82, 2.24) is 5.32 Å². The standard InChI is InChI=1S/C13H21NO3/c15-6-13(7-17-8-13)5-14-12(16)11(9-1-2-9)10-3-4-10/h9-11,15H,1-8H2,(H,14,16). The molecule has 2 saturated carbocycles. The van der Waals surface area contributed by atoms with Crippen LogP contribution in [0.15, 0.2) is 0 Å². The van der Waals surface area contributed by atoms with Gasteiger partial charge in [0.2, 0.25) is 5.91 Å². The summed E-state index contributed by atoms with van der Waals surface area (Å²) in [6.45, 7) is 1.81. The zero-order chi connectivity index (χ0) is 11.9. The Bertz CT molecular complexity index is 288. The first kappa shape index (κ1) is 11.5. The Labute approximate surface area is 102 Å². The smallest absolute Gasteiger partial charge is 0.223 e. The Morgan fingerprint density at radius 3 is 2.24 bits per heavy atom. The molecule has 4 nitrogen and oxygen atoms in total. The van der Waals surface area contributed by atoms with Gasteiger partial charge in [-0.2, -0.15) is 0 Å². The summed E-state index contributed by atoms with van der Waals surface area (Å²) >= 11 is 0. The normalized spacial score (nSPS) is 26.7. The van der Waals surface area contributed by atoms with Crippen molar-refractivity contribution in [2.75, 3.05) is 26.4 Å². The van der Waals surface area contributed by atoms with E-state index in [9.17, 15) is 9.90 Å². The molecule has 3 aliphatic rings. The molecule has 3 fully saturated rings. The molecule has 0 bridgehead atoms. The van der Waals surface area contributed by atoms with Crippen LogP contribution in [-0.2, 0) is 9.53 Å². The van der Waals surface area contributed by atoms with Gasteiger partial charge < -0.3 is 15.2 Å². The summed E-state index contributed by atoms with van der Waals surface area (Å²) in [7, 11) is 0. The minimum atomic E-state index is -0.201. The molecule has 2 N–H and O–H groups in total. The molecule has 1 heterocycles. The van der Waals surface area contributed by atoms with Crippen molar-refractivity contribution in [1.29, 1.82) is 0 Å². The van der Waals surface area contributed by atoms with Crippen LogP contribution in [0.25, 0.3) is 0 Å². The number of ether oxygens (including phenoxy) is 1. The van der Waals surface area contributed by atoms with Crippen LogP contribution < -0.4 is 5.32 Å². The number of aliphatic hydroxyl groups is 1. The van der Waals surface area contributed by atoms with Crippen LogP contribution in [0.1, 0.15) is 25.7 Å². The molecule has 0 aromatic heterocycles. The largest absolute Gasteiger partial charge is 0.396 e. The predicted molar refractivity (Wildman–Crippen MR) is 62.3 cm³/mol. The van der Waals surface area contributed by atoms with E-state index in [2.05, 4.69) is 5.32 Å². The van der Waals surface area contributed by atoms with Gasteiger partial charge in [0, 0.05) is 12.5 Å². The van der Waals surface area contributed by atoms with Crippen LogP contribution in [0, 0.1) is 23.2 Å². The quantitative estimate of drug-likeness (QED) is 0.711. The van der Waals surface area contributed by atoms with E-state index in [1.807, 2.05) is 0 Å². The average Bonchev–Trinajstić information content (AvgIpc) is 3.11.